The molecule has 1 fully saturated rings. The van der Waals surface area contributed by atoms with Gasteiger partial charge in [0.05, 0.1) is 0 Å². The molecule has 0 spiro atoms. The molecule has 6 heteroatoms. The molecule has 1 aliphatic heterocycles. The molecule has 23 heavy (non-hydrogen) atoms. The first-order chi connectivity index (χ1) is 11.3. The van der Waals surface area contributed by atoms with Crippen molar-refractivity contribution in [2.45, 2.75) is 6.42 Å². The van der Waals surface area contributed by atoms with E-state index in [1.54, 1.807) is 4.90 Å². The fourth-order valence-corrected chi connectivity index (χ4v) is 2.72. The molecular weight excluding hydrogens is 290 g/mol. The van der Waals surface area contributed by atoms with E-state index < -0.39 is 0 Å². The topological polar surface area (TPSA) is 81.1 Å². The molecule has 1 heterocycles. The van der Waals surface area contributed by atoms with E-state index in [9.17, 15) is 4.79 Å². The van der Waals surface area contributed by atoms with E-state index in [-0.39, 0.29) is 11.8 Å². The number of hydrogen-bond donors (Lipinski definition) is 1. The molecular formula is C17H17N5O. The van der Waals surface area contributed by atoms with Crippen molar-refractivity contribution in [2.24, 2.45) is 11.0 Å². The highest BCUT2D eigenvalue weighted by atomic mass is 16.2. The predicted molar refractivity (Wildman–Crippen MR) is 90.6 cm³/mol. The van der Waals surface area contributed by atoms with E-state index in [0.717, 1.165) is 17.1 Å². The number of anilines is 3. The van der Waals surface area contributed by atoms with E-state index in [1.807, 2.05) is 54.6 Å². The summed E-state index contributed by atoms with van der Waals surface area (Å²) in [5.41, 5.74) is 11.2. The van der Waals surface area contributed by atoms with Crippen molar-refractivity contribution >= 4 is 23.0 Å². The van der Waals surface area contributed by atoms with Crippen molar-refractivity contribution in [3.8, 4) is 0 Å². The number of rotatable bonds is 5. The number of amides is 1. The number of azide groups is 1. The summed E-state index contributed by atoms with van der Waals surface area (Å²) in [7, 11) is 0. The summed E-state index contributed by atoms with van der Waals surface area (Å²) in [6.45, 7) is 0.968. The fraction of sp³-hybridized carbons (Fsp3) is 0.235. The van der Waals surface area contributed by atoms with Crippen LogP contribution in [0.4, 0.5) is 17.1 Å². The van der Waals surface area contributed by atoms with Crippen LogP contribution in [0.5, 0.6) is 0 Å². The highest BCUT2D eigenvalue weighted by molar-refractivity contribution is 5.95. The summed E-state index contributed by atoms with van der Waals surface area (Å²) < 4.78 is 0. The number of carbonyl (C=O) groups excluding carboxylic acids is 1. The van der Waals surface area contributed by atoms with Gasteiger partial charge in [-0.25, -0.2) is 0 Å². The molecule has 1 saturated heterocycles. The monoisotopic (exact) mass is 307 g/mol. The lowest BCUT2D eigenvalue weighted by Crippen LogP contribution is -2.24. The Hall–Kier alpha value is -2.98. The molecule has 2 aromatic rings. The van der Waals surface area contributed by atoms with Crippen molar-refractivity contribution < 1.29 is 4.79 Å². The third-order valence-electron chi connectivity index (χ3n) is 3.85. The number of hydrogen-bond acceptors (Lipinski definition) is 3. The summed E-state index contributed by atoms with van der Waals surface area (Å²) in [6, 6.07) is 17.7. The van der Waals surface area contributed by atoms with Crippen molar-refractivity contribution in [1.82, 2.24) is 0 Å². The third-order valence-corrected chi connectivity index (χ3v) is 3.85. The van der Waals surface area contributed by atoms with Gasteiger partial charge in [-0.3, -0.25) is 4.79 Å². The maximum absolute atomic E-state index is 12.1. The zero-order chi connectivity index (χ0) is 16.1. The number of nitrogens with zero attached hydrogens (tertiary/aromatic N) is 4. The van der Waals surface area contributed by atoms with Gasteiger partial charge < -0.3 is 10.2 Å². The molecule has 0 bridgehead atoms. The van der Waals surface area contributed by atoms with Crippen LogP contribution in [0.2, 0.25) is 0 Å². The minimum atomic E-state index is 0.0758. The first-order valence-electron chi connectivity index (χ1n) is 7.49. The first-order valence-corrected chi connectivity index (χ1v) is 7.49. The smallest absolute Gasteiger partial charge is 0.227 e. The van der Waals surface area contributed by atoms with Crippen LogP contribution >= 0.6 is 0 Å². The molecule has 1 unspecified atom stereocenters. The molecule has 0 aliphatic carbocycles. The molecule has 3 rings (SSSR count). The van der Waals surface area contributed by atoms with Gasteiger partial charge in [-0.05, 0) is 47.8 Å². The Morgan fingerprint density at radius 2 is 1.83 bits per heavy atom. The predicted octanol–water partition coefficient (Wildman–Crippen LogP) is 4.09. The van der Waals surface area contributed by atoms with Crippen LogP contribution in [0.25, 0.3) is 10.4 Å². The molecule has 1 amide bonds. The van der Waals surface area contributed by atoms with Gasteiger partial charge in [0.2, 0.25) is 5.91 Å². The maximum atomic E-state index is 12.1. The lowest BCUT2D eigenvalue weighted by molar-refractivity contribution is -0.117. The SMILES string of the molecule is [N-]=[N+]=NCC1CC(=O)N(c2ccc(Nc3ccccc3)cc2)C1. The van der Waals surface area contributed by atoms with Gasteiger partial charge in [-0.15, -0.1) is 0 Å². The highest BCUT2D eigenvalue weighted by Crippen LogP contribution is 2.27. The maximum Gasteiger partial charge on any atom is 0.227 e. The van der Waals surface area contributed by atoms with Crippen LogP contribution in [0, 0.1) is 5.92 Å². The second kappa shape index (κ2) is 6.85. The van der Waals surface area contributed by atoms with Crippen molar-refractivity contribution in [3.05, 3.63) is 65.0 Å². The lowest BCUT2D eigenvalue weighted by Gasteiger charge is -2.17. The standard InChI is InChI=1S/C17H17N5O/c18-21-19-11-13-10-17(23)22(12-13)16-8-6-15(7-9-16)20-14-4-2-1-3-5-14/h1-9,13,20H,10-12H2. The quantitative estimate of drug-likeness (QED) is 0.512. The molecule has 1 N–H and O–H groups in total. The summed E-state index contributed by atoms with van der Waals surface area (Å²) in [6.07, 6.45) is 0.434. The molecule has 1 aliphatic rings. The molecule has 0 radical (unpaired) electrons. The Balaban J connectivity index is 1.67. The molecule has 0 saturated carbocycles. The Bertz CT molecular complexity index is 722. The van der Waals surface area contributed by atoms with Crippen LogP contribution in [0.1, 0.15) is 6.42 Å². The zero-order valence-electron chi connectivity index (χ0n) is 12.6. The van der Waals surface area contributed by atoms with E-state index in [1.165, 1.54) is 0 Å². The number of benzene rings is 2. The summed E-state index contributed by atoms with van der Waals surface area (Å²) in [5.74, 6) is 0.174. The largest absolute Gasteiger partial charge is 0.356 e. The summed E-state index contributed by atoms with van der Waals surface area (Å²) >= 11 is 0. The molecule has 1 atom stereocenters. The van der Waals surface area contributed by atoms with Crippen molar-refractivity contribution in [2.75, 3.05) is 23.3 Å². The Morgan fingerprint density at radius 3 is 2.52 bits per heavy atom. The molecule has 116 valence electrons. The van der Waals surface area contributed by atoms with Gasteiger partial charge in [0.15, 0.2) is 0 Å². The lowest BCUT2D eigenvalue weighted by atomic mass is 10.1. The average molecular weight is 307 g/mol. The van der Waals surface area contributed by atoms with E-state index in [2.05, 4.69) is 15.3 Å². The number of para-hydroxylation sites is 1. The summed E-state index contributed by atoms with van der Waals surface area (Å²) in [4.78, 5) is 16.6. The number of nitrogens with one attached hydrogen (secondary N) is 1. The van der Waals surface area contributed by atoms with Gasteiger partial charge >= 0.3 is 0 Å². The number of carbonyl (C=O) groups is 1. The van der Waals surface area contributed by atoms with Crippen LogP contribution in [0.3, 0.4) is 0 Å². The van der Waals surface area contributed by atoms with Gasteiger partial charge in [-0.2, -0.15) is 0 Å². The van der Waals surface area contributed by atoms with Crippen LogP contribution in [0.15, 0.2) is 59.7 Å². The Kier molecular flexibility index (Phi) is 4.45. The Labute approximate surface area is 134 Å². The van der Waals surface area contributed by atoms with Crippen LogP contribution < -0.4 is 10.2 Å². The molecule has 2 aromatic carbocycles. The fourth-order valence-electron chi connectivity index (χ4n) is 2.72. The van der Waals surface area contributed by atoms with Crippen molar-refractivity contribution in [3.63, 3.8) is 0 Å². The minimum Gasteiger partial charge on any atom is -0.356 e. The van der Waals surface area contributed by atoms with Crippen LogP contribution in [-0.2, 0) is 4.79 Å². The summed E-state index contributed by atoms with van der Waals surface area (Å²) in [5, 5.41) is 6.88. The van der Waals surface area contributed by atoms with E-state index >= 15 is 0 Å². The zero-order valence-corrected chi connectivity index (χ0v) is 12.6. The normalized spacial score (nSPS) is 17.0. The van der Waals surface area contributed by atoms with E-state index in [4.69, 9.17) is 5.53 Å². The highest BCUT2D eigenvalue weighted by Gasteiger charge is 2.29. The molecule has 0 aromatic heterocycles. The second-order valence-corrected chi connectivity index (χ2v) is 5.53. The van der Waals surface area contributed by atoms with Gasteiger partial charge in [0.25, 0.3) is 0 Å². The molecule has 6 nitrogen and oxygen atoms in total. The average Bonchev–Trinajstić information content (AvgIpc) is 2.95. The van der Waals surface area contributed by atoms with Crippen LogP contribution in [-0.4, -0.2) is 19.0 Å². The minimum absolute atomic E-state index is 0.0758. The van der Waals surface area contributed by atoms with Gasteiger partial charge in [0, 0.05) is 41.5 Å². The first kappa shape index (κ1) is 14.9. The van der Waals surface area contributed by atoms with Gasteiger partial charge in [-0.1, -0.05) is 23.3 Å². The third kappa shape index (κ3) is 3.62. The second-order valence-electron chi connectivity index (χ2n) is 5.53. The van der Waals surface area contributed by atoms with Crippen molar-refractivity contribution in [1.29, 1.82) is 0 Å². The Morgan fingerprint density at radius 1 is 1.13 bits per heavy atom. The van der Waals surface area contributed by atoms with Gasteiger partial charge in [0.1, 0.15) is 0 Å². The van der Waals surface area contributed by atoms with E-state index in [0.29, 0.717) is 19.5 Å².